The second-order valence-electron chi connectivity index (χ2n) is 16.9. The number of para-hydroxylation sites is 1. The van der Waals surface area contributed by atoms with Crippen LogP contribution >= 0.6 is 11.8 Å². The van der Waals surface area contributed by atoms with Gasteiger partial charge in [0.1, 0.15) is 35.5 Å². The maximum Gasteiger partial charge on any atom is 0.321 e. The topological polar surface area (TPSA) is 273 Å². The summed E-state index contributed by atoms with van der Waals surface area (Å²) >= 11 is 1.13. The number of sulfonamides is 1. The number of carboxylic acid groups (broad SMARTS) is 1. The van der Waals surface area contributed by atoms with Crippen molar-refractivity contribution in [2.45, 2.75) is 111 Å². The SMILES string of the molecule is Cc1cnc(C(=O)N[C@H]2CCCCC[C@H](SC[C@H](N)C(=O)O)[C@H](O)[C@@H]3C[C@@]3(C(=O)NS(=O)(=O)C3CC3)NC(=O)[C@@H]3C[C@@H](Oc4nc5ccccc5c5ccccc45)CN3C2=O)cn1. The van der Waals surface area contributed by atoms with Crippen LogP contribution in [-0.2, 0) is 29.2 Å². The fraction of sp³-hybridized carbons (Fsp3) is 0.488. The lowest BCUT2D eigenvalue weighted by molar-refractivity contribution is -0.141. The molecule has 0 spiro atoms. The van der Waals surface area contributed by atoms with Crippen molar-refractivity contribution in [3.8, 4) is 5.88 Å². The molecule has 63 heavy (non-hydrogen) atoms. The number of rotatable bonds is 11. The highest BCUT2D eigenvalue weighted by Crippen LogP contribution is 2.50. The number of amides is 4. The molecule has 2 saturated carbocycles. The molecule has 2 aliphatic carbocycles. The van der Waals surface area contributed by atoms with E-state index in [-0.39, 0.29) is 43.1 Å². The Labute approximate surface area is 367 Å². The summed E-state index contributed by atoms with van der Waals surface area (Å²) in [7, 11) is -4.10. The summed E-state index contributed by atoms with van der Waals surface area (Å²) in [5, 5.41) is 28.1. The standard InChI is InChI=1S/C43H50N8O10S2/c1-23-19-46-33(20-45-23)37(53)47-32-13-3-2-4-14-35(62-22-30(44)41(56)57)36(52)29-18-43(29,42(58)50-63(59,60)25-15-16-25)49-38(54)34-17-24(21-51(34)40(32)55)61-39-28-11-6-5-9-26(28)27-10-7-8-12-31(27)48-39/h5-12,19-20,24-25,29-30,32,34-36,52H,2-4,13-18,21-22,44H2,1H3,(H,47,53)(H,49,54)(H,50,58)(H,56,57)/t24-,29+,30+,32+,34+,35+,36-,43-/m1/s1. The number of nitrogens with one attached hydrogen (secondary N) is 3. The Morgan fingerprint density at radius 2 is 1.71 bits per heavy atom. The summed E-state index contributed by atoms with van der Waals surface area (Å²) < 4.78 is 35.0. The molecule has 2 aliphatic heterocycles. The molecule has 7 N–H and O–H groups in total. The molecule has 2 aromatic heterocycles. The van der Waals surface area contributed by atoms with Crippen molar-refractivity contribution in [2.75, 3.05) is 12.3 Å². The molecular weight excluding hydrogens is 853 g/mol. The molecular formula is C43H50N8O10S2. The van der Waals surface area contributed by atoms with Crippen molar-refractivity contribution in [1.29, 1.82) is 0 Å². The van der Waals surface area contributed by atoms with Gasteiger partial charge in [-0.15, -0.1) is 0 Å². The van der Waals surface area contributed by atoms with Gasteiger partial charge in [0.2, 0.25) is 27.7 Å². The fourth-order valence-electron chi connectivity index (χ4n) is 8.62. The number of nitrogens with zero attached hydrogens (tertiary/aromatic N) is 4. The maximum atomic E-state index is 14.9. The van der Waals surface area contributed by atoms with E-state index in [9.17, 15) is 42.6 Å². The first-order chi connectivity index (χ1) is 30.1. The Balaban J connectivity index is 1.15. The minimum absolute atomic E-state index is 0.0159. The smallest absolute Gasteiger partial charge is 0.321 e. The van der Waals surface area contributed by atoms with Crippen LogP contribution < -0.4 is 25.8 Å². The number of carbonyl (C=O) groups excluding carboxylic acids is 4. The fourth-order valence-corrected chi connectivity index (χ4v) is 11.3. The number of pyridine rings is 1. The normalized spacial score (nSPS) is 27.3. The predicted octanol–water partition coefficient (Wildman–Crippen LogP) is 1.96. The van der Waals surface area contributed by atoms with E-state index in [1.807, 2.05) is 48.5 Å². The zero-order valence-corrected chi connectivity index (χ0v) is 36.1. The van der Waals surface area contributed by atoms with Crippen molar-refractivity contribution in [3.05, 3.63) is 72.3 Å². The molecule has 4 heterocycles. The van der Waals surface area contributed by atoms with Crippen LogP contribution in [0.4, 0.5) is 0 Å². The molecule has 0 radical (unpaired) electrons. The molecule has 8 rings (SSSR count). The molecule has 20 heteroatoms. The molecule has 2 saturated heterocycles. The summed E-state index contributed by atoms with van der Waals surface area (Å²) in [5.74, 6) is -5.01. The summed E-state index contributed by atoms with van der Waals surface area (Å²) in [4.78, 5) is 83.6. The van der Waals surface area contributed by atoms with E-state index in [2.05, 4.69) is 25.3 Å². The van der Waals surface area contributed by atoms with E-state index in [0.717, 1.165) is 22.5 Å². The van der Waals surface area contributed by atoms with Gasteiger partial charge in [0, 0.05) is 40.3 Å². The van der Waals surface area contributed by atoms with Crippen LogP contribution in [-0.4, -0.2) is 127 Å². The highest BCUT2D eigenvalue weighted by Gasteiger charge is 2.66. The summed E-state index contributed by atoms with van der Waals surface area (Å²) in [6, 6.07) is 11.5. The number of hydrogen-bond acceptors (Lipinski definition) is 14. The highest BCUT2D eigenvalue weighted by molar-refractivity contribution is 8.00. The van der Waals surface area contributed by atoms with Crippen molar-refractivity contribution in [2.24, 2.45) is 11.7 Å². The molecule has 4 amide bonds. The van der Waals surface area contributed by atoms with Gasteiger partial charge < -0.3 is 36.2 Å². The first-order valence-corrected chi connectivity index (χ1v) is 23.7. The van der Waals surface area contributed by atoms with Gasteiger partial charge in [0.25, 0.3) is 11.8 Å². The molecule has 8 atom stereocenters. The van der Waals surface area contributed by atoms with Gasteiger partial charge in [-0.3, -0.25) is 33.7 Å². The van der Waals surface area contributed by atoms with Crippen LogP contribution in [0.3, 0.4) is 0 Å². The number of thioether (sulfide) groups is 1. The molecule has 2 aromatic carbocycles. The Bertz CT molecular complexity index is 2540. The Morgan fingerprint density at radius 3 is 2.43 bits per heavy atom. The lowest BCUT2D eigenvalue weighted by Crippen LogP contribution is -2.59. The monoisotopic (exact) mass is 902 g/mol. The lowest BCUT2D eigenvalue weighted by Gasteiger charge is -2.30. The number of ether oxygens (including phenoxy) is 1. The van der Waals surface area contributed by atoms with Crippen LogP contribution in [0.5, 0.6) is 5.88 Å². The van der Waals surface area contributed by atoms with Crippen molar-refractivity contribution >= 4 is 73.1 Å². The number of aryl methyl sites for hydroxylation is 1. The summed E-state index contributed by atoms with van der Waals surface area (Å²) in [6.45, 7) is 1.61. The van der Waals surface area contributed by atoms with E-state index in [1.165, 1.54) is 17.3 Å². The molecule has 4 aliphatic rings. The number of fused-ring (bicyclic) bond motifs is 5. The summed E-state index contributed by atoms with van der Waals surface area (Å²) in [6.07, 6.45) is 3.15. The third-order valence-electron chi connectivity index (χ3n) is 12.4. The second kappa shape index (κ2) is 18.0. The minimum atomic E-state index is -4.10. The van der Waals surface area contributed by atoms with E-state index in [4.69, 9.17) is 15.5 Å². The zero-order valence-electron chi connectivity index (χ0n) is 34.5. The number of benzene rings is 2. The second-order valence-corrected chi connectivity index (χ2v) is 20.2. The zero-order chi connectivity index (χ0) is 44.6. The van der Waals surface area contributed by atoms with E-state index < -0.39 is 91.9 Å². The third kappa shape index (κ3) is 9.44. The van der Waals surface area contributed by atoms with Gasteiger partial charge in [-0.2, -0.15) is 11.8 Å². The Hall–Kier alpha value is -5.44. The number of nitrogens with two attached hydrogens (primary N) is 1. The van der Waals surface area contributed by atoms with Gasteiger partial charge in [0.15, 0.2) is 0 Å². The van der Waals surface area contributed by atoms with Crippen LogP contribution in [0.2, 0.25) is 0 Å². The van der Waals surface area contributed by atoms with Gasteiger partial charge in [-0.1, -0.05) is 55.7 Å². The number of hydrogen-bond donors (Lipinski definition) is 6. The van der Waals surface area contributed by atoms with Crippen LogP contribution in [0, 0.1) is 12.8 Å². The predicted molar refractivity (Wildman–Crippen MR) is 232 cm³/mol. The van der Waals surface area contributed by atoms with Crippen molar-refractivity contribution in [1.82, 2.24) is 35.2 Å². The Kier molecular flexibility index (Phi) is 12.6. The minimum Gasteiger partial charge on any atom is -0.480 e. The number of aliphatic carboxylic acids is 1. The number of aromatic nitrogens is 3. The number of aliphatic hydroxyl groups excluding tert-OH is 1. The molecule has 334 valence electrons. The quantitative estimate of drug-likeness (QED) is 0.117. The molecule has 0 bridgehead atoms. The molecule has 4 fully saturated rings. The number of carboxylic acids is 1. The third-order valence-corrected chi connectivity index (χ3v) is 15.7. The van der Waals surface area contributed by atoms with Crippen molar-refractivity contribution < 1.29 is 47.3 Å². The first kappa shape index (κ1) is 44.2. The average Bonchev–Trinajstić information content (AvgIpc) is 4.20. The highest BCUT2D eigenvalue weighted by atomic mass is 32.2. The van der Waals surface area contributed by atoms with E-state index >= 15 is 0 Å². The van der Waals surface area contributed by atoms with Crippen LogP contribution in [0.15, 0.2) is 60.9 Å². The Morgan fingerprint density at radius 1 is 1.00 bits per heavy atom. The number of carbonyl (C=O) groups is 5. The molecule has 18 nitrogen and oxygen atoms in total. The molecule has 4 aromatic rings. The largest absolute Gasteiger partial charge is 0.480 e. The van der Waals surface area contributed by atoms with E-state index in [0.29, 0.717) is 55.1 Å². The van der Waals surface area contributed by atoms with Gasteiger partial charge in [0.05, 0.1) is 35.3 Å². The van der Waals surface area contributed by atoms with Crippen molar-refractivity contribution in [3.63, 3.8) is 0 Å². The van der Waals surface area contributed by atoms with E-state index in [1.54, 1.807) is 6.92 Å². The first-order valence-electron chi connectivity index (χ1n) is 21.2. The maximum absolute atomic E-state index is 14.9. The van der Waals surface area contributed by atoms with Crippen LogP contribution in [0.25, 0.3) is 21.7 Å². The van der Waals surface area contributed by atoms with Gasteiger partial charge >= 0.3 is 5.97 Å². The van der Waals surface area contributed by atoms with Gasteiger partial charge in [-0.05, 0) is 56.5 Å². The summed E-state index contributed by atoms with van der Waals surface area (Å²) in [5.41, 5.74) is 5.19. The molecule has 0 unspecified atom stereocenters. The van der Waals surface area contributed by atoms with Gasteiger partial charge in [-0.25, -0.2) is 18.4 Å². The number of aliphatic hydroxyl groups is 1. The lowest BCUT2D eigenvalue weighted by atomic mass is 10.0. The van der Waals surface area contributed by atoms with Crippen LogP contribution in [0.1, 0.15) is 74.0 Å². The average molecular weight is 903 g/mol.